The number of Topliss-reactive ketones (excluding diaryl/α,β-unsaturated/α-hetero) is 1. The molecule has 0 fully saturated rings. The van der Waals surface area contributed by atoms with Gasteiger partial charge in [-0.3, -0.25) is 14.4 Å². The summed E-state index contributed by atoms with van der Waals surface area (Å²) in [5.74, 6) is -1.39. The molecule has 3 aromatic carbocycles. The van der Waals surface area contributed by atoms with Gasteiger partial charge in [-0.05, 0) is 19.1 Å². The fraction of sp³-hybridized carbons (Fsp3) is 0.125. The summed E-state index contributed by atoms with van der Waals surface area (Å²) in [7, 11) is 0. The fourth-order valence-corrected chi connectivity index (χ4v) is 2.87. The van der Waals surface area contributed by atoms with Crippen LogP contribution < -0.4 is 5.32 Å². The molecule has 0 heterocycles. The molecule has 5 heteroatoms. The van der Waals surface area contributed by atoms with Gasteiger partial charge in [0.1, 0.15) is 6.54 Å². The molecule has 0 saturated heterocycles. The third-order valence-corrected chi connectivity index (χ3v) is 4.32. The van der Waals surface area contributed by atoms with Crippen LogP contribution in [-0.4, -0.2) is 24.2 Å². The van der Waals surface area contributed by atoms with E-state index in [0.29, 0.717) is 16.7 Å². The minimum Gasteiger partial charge on any atom is -0.448 e. The van der Waals surface area contributed by atoms with Crippen LogP contribution in [0.4, 0.5) is 0 Å². The molecule has 0 radical (unpaired) electrons. The van der Waals surface area contributed by atoms with Crippen molar-refractivity contribution >= 4 is 17.7 Å². The maximum atomic E-state index is 12.9. The number of amides is 1. The molecule has 0 aromatic heterocycles. The maximum absolute atomic E-state index is 12.9. The lowest BCUT2D eigenvalue weighted by Crippen LogP contribution is -2.32. The van der Waals surface area contributed by atoms with E-state index >= 15 is 0 Å². The number of esters is 1. The van der Waals surface area contributed by atoms with Crippen LogP contribution in [0.15, 0.2) is 84.9 Å². The number of carbonyl (C=O) groups is 3. The van der Waals surface area contributed by atoms with Gasteiger partial charge in [-0.25, -0.2) is 0 Å². The monoisotopic (exact) mass is 387 g/mol. The smallest absolute Gasteiger partial charge is 0.326 e. The maximum Gasteiger partial charge on any atom is 0.326 e. The number of nitrogens with one attached hydrogen (secondary N) is 1. The van der Waals surface area contributed by atoms with Gasteiger partial charge in [0.15, 0.2) is 6.10 Å². The van der Waals surface area contributed by atoms with E-state index in [9.17, 15) is 14.4 Å². The van der Waals surface area contributed by atoms with Crippen molar-refractivity contribution < 1.29 is 19.1 Å². The highest BCUT2D eigenvalue weighted by atomic mass is 16.5. The Morgan fingerprint density at radius 1 is 0.828 bits per heavy atom. The molecule has 1 atom stereocenters. The van der Waals surface area contributed by atoms with E-state index in [0.717, 1.165) is 5.56 Å². The van der Waals surface area contributed by atoms with E-state index in [4.69, 9.17) is 4.74 Å². The van der Waals surface area contributed by atoms with Gasteiger partial charge in [-0.1, -0.05) is 78.4 Å². The van der Waals surface area contributed by atoms with Gasteiger partial charge in [-0.2, -0.15) is 0 Å². The molecule has 0 unspecified atom stereocenters. The molecule has 0 bridgehead atoms. The van der Waals surface area contributed by atoms with Crippen molar-refractivity contribution in [2.45, 2.75) is 13.0 Å². The number of ketones is 1. The third kappa shape index (κ3) is 5.39. The highest BCUT2D eigenvalue weighted by molar-refractivity contribution is 6.01. The summed E-state index contributed by atoms with van der Waals surface area (Å²) in [5, 5.41) is 2.54. The van der Waals surface area contributed by atoms with Gasteiger partial charge in [0, 0.05) is 16.7 Å². The number of aryl methyl sites for hydroxylation is 1. The first kappa shape index (κ1) is 20.0. The zero-order valence-corrected chi connectivity index (χ0v) is 16.0. The minimum absolute atomic E-state index is 0.324. The van der Waals surface area contributed by atoms with Gasteiger partial charge in [-0.15, -0.1) is 0 Å². The predicted octanol–water partition coefficient (Wildman–Crippen LogP) is 3.89. The molecule has 0 aliphatic heterocycles. The van der Waals surface area contributed by atoms with E-state index in [2.05, 4.69) is 5.32 Å². The third-order valence-electron chi connectivity index (χ3n) is 4.32. The highest BCUT2D eigenvalue weighted by Gasteiger charge is 2.26. The van der Waals surface area contributed by atoms with Crippen molar-refractivity contribution in [1.29, 1.82) is 0 Å². The molecular formula is C24H21NO4. The van der Waals surface area contributed by atoms with Crippen LogP contribution in [0.5, 0.6) is 0 Å². The molecular weight excluding hydrogens is 366 g/mol. The molecule has 0 saturated carbocycles. The number of hydrogen-bond acceptors (Lipinski definition) is 4. The average Bonchev–Trinajstić information content (AvgIpc) is 2.76. The van der Waals surface area contributed by atoms with Crippen molar-refractivity contribution in [2.24, 2.45) is 0 Å². The first-order valence-electron chi connectivity index (χ1n) is 9.23. The van der Waals surface area contributed by atoms with Crippen molar-refractivity contribution in [3.63, 3.8) is 0 Å². The molecule has 146 valence electrons. The topological polar surface area (TPSA) is 72.5 Å². The number of ether oxygens (including phenoxy) is 1. The van der Waals surface area contributed by atoms with Crippen LogP contribution in [0.1, 0.15) is 37.9 Å². The average molecular weight is 387 g/mol. The summed E-state index contributed by atoms with van der Waals surface area (Å²) in [6.07, 6.45) is -1.08. The molecule has 1 amide bonds. The lowest BCUT2D eigenvalue weighted by Gasteiger charge is -2.17. The molecule has 0 aliphatic rings. The van der Waals surface area contributed by atoms with Crippen molar-refractivity contribution in [1.82, 2.24) is 5.32 Å². The van der Waals surface area contributed by atoms with E-state index in [1.807, 2.05) is 19.1 Å². The van der Waals surface area contributed by atoms with Crippen LogP contribution in [-0.2, 0) is 9.53 Å². The van der Waals surface area contributed by atoms with Gasteiger partial charge < -0.3 is 10.1 Å². The highest BCUT2D eigenvalue weighted by Crippen LogP contribution is 2.22. The number of rotatable bonds is 7. The van der Waals surface area contributed by atoms with Crippen LogP contribution in [0, 0.1) is 6.92 Å². The zero-order valence-electron chi connectivity index (χ0n) is 16.0. The molecule has 5 nitrogen and oxygen atoms in total. The van der Waals surface area contributed by atoms with Crippen molar-refractivity contribution in [3.05, 3.63) is 107 Å². The summed E-state index contributed by atoms with van der Waals surface area (Å²) in [6, 6.07) is 24.5. The van der Waals surface area contributed by atoms with E-state index in [-0.39, 0.29) is 18.2 Å². The Morgan fingerprint density at radius 2 is 1.45 bits per heavy atom. The van der Waals surface area contributed by atoms with Gasteiger partial charge in [0.05, 0.1) is 0 Å². The summed E-state index contributed by atoms with van der Waals surface area (Å²) in [4.78, 5) is 37.5. The fourth-order valence-electron chi connectivity index (χ4n) is 2.87. The number of hydrogen-bond donors (Lipinski definition) is 1. The largest absolute Gasteiger partial charge is 0.448 e. The van der Waals surface area contributed by atoms with Crippen LogP contribution in [0.2, 0.25) is 0 Å². The zero-order chi connectivity index (χ0) is 20.6. The second-order valence-corrected chi connectivity index (χ2v) is 6.56. The van der Waals surface area contributed by atoms with Crippen LogP contribution >= 0.6 is 0 Å². The van der Waals surface area contributed by atoms with Crippen molar-refractivity contribution in [2.75, 3.05) is 6.54 Å². The normalized spacial score (nSPS) is 11.3. The summed E-state index contributed by atoms with van der Waals surface area (Å²) in [5.41, 5.74) is 2.41. The Bertz CT molecular complexity index is 1000. The van der Waals surface area contributed by atoms with E-state index in [1.165, 1.54) is 0 Å². The molecule has 0 aliphatic carbocycles. The summed E-state index contributed by atoms with van der Waals surface area (Å²) >= 11 is 0. The minimum atomic E-state index is -1.08. The molecule has 0 spiro atoms. The SMILES string of the molecule is Cc1cccc(C(=O)NCC(=O)O[C@@H](C(=O)c2ccccc2)c2ccccc2)c1. The van der Waals surface area contributed by atoms with Gasteiger partial charge in [0.2, 0.25) is 5.78 Å². The number of carbonyl (C=O) groups excluding carboxylic acids is 3. The quantitative estimate of drug-likeness (QED) is 0.493. The van der Waals surface area contributed by atoms with E-state index < -0.39 is 12.1 Å². The summed E-state index contributed by atoms with van der Waals surface area (Å²) in [6.45, 7) is 1.54. The van der Waals surface area contributed by atoms with E-state index in [1.54, 1.807) is 72.8 Å². The molecule has 1 N–H and O–H groups in total. The predicted molar refractivity (Wildman–Crippen MR) is 110 cm³/mol. The van der Waals surface area contributed by atoms with Gasteiger partial charge in [0.25, 0.3) is 5.91 Å². The Hall–Kier alpha value is -3.73. The Morgan fingerprint density at radius 3 is 2.10 bits per heavy atom. The Kier molecular flexibility index (Phi) is 6.53. The van der Waals surface area contributed by atoms with Crippen LogP contribution in [0.25, 0.3) is 0 Å². The van der Waals surface area contributed by atoms with Crippen molar-refractivity contribution in [3.8, 4) is 0 Å². The Balaban J connectivity index is 1.70. The van der Waals surface area contributed by atoms with Gasteiger partial charge >= 0.3 is 5.97 Å². The lowest BCUT2D eigenvalue weighted by atomic mass is 10.00. The molecule has 3 aromatic rings. The number of benzene rings is 3. The lowest BCUT2D eigenvalue weighted by molar-refractivity contribution is -0.146. The second kappa shape index (κ2) is 9.46. The standard InChI is InChI=1S/C24H21NO4/c1-17-9-8-14-20(15-17)24(28)25-16-21(26)29-23(19-12-6-3-7-13-19)22(27)18-10-4-2-5-11-18/h2-15,23H,16H2,1H3,(H,25,28)/t23-/m1/s1. The Labute approximate surface area is 169 Å². The second-order valence-electron chi connectivity index (χ2n) is 6.56. The summed E-state index contributed by atoms with van der Waals surface area (Å²) < 4.78 is 5.46. The molecule has 3 rings (SSSR count). The first-order valence-corrected chi connectivity index (χ1v) is 9.23. The first-order chi connectivity index (χ1) is 14.0. The molecule has 29 heavy (non-hydrogen) atoms. The van der Waals surface area contributed by atoms with Crippen LogP contribution in [0.3, 0.4) is 0 Å².